The number of thiazole rings is 1. The predicted molar refractivity (Wildman–Crippen MR) is 409 cm³/mol. The van der Waals surface area contributed by atoms with E-state index in [9.17, 15) is 0 Å². The van der Waals surface area contributed by atoms with Crippen molar-refractivity contribution in [2.24, 2.45) is 0 Å². The van der Waals surface area contributed by atoms with E-state index < -0.39 is 0 Å². The summed E-state index contributed by atoms with van der Waals surface area (Å²) in [4.78, 5) is 21.3. The van der Waals surface area contributed by atoms with Crippen molar-refractivity contribution < 1.29 is 1.43 Å². The lowest BCUT2D eigenvalue weighted by molar-refractivity contribution is 1.17. The number of nitrogens with one attached hydrogen (secondary N) is 1. The van der Waals surface area contributed by atoms with Crippen molar-refractivity contribution in [3.63, 3.8) is 0 Å². The number of aromatic amines is 1. The summed E-state index contributed by atoms with van der Waals surface area (Å²) < 4.78 is 0. The third-order valence-corrected chi connectivity index (χ3v) is 7.36. The van der Waals surface area contributed by atoms with E-state index in [4.69, 9.17) is 0 Å². The Kier molecular flexibility index (Phi) is 203. The lowest BCUT2D eigenvalue weighted by Gasteiger charge is -1.92. The van der Waals surface area contributed by atoms with Crippen LogP contribution in [0.1, 0.15) is 223 Å². The second kappa shape index (κ2) is 153. The van der Waals surface area contributed by atoms with Crippen LogP contribution in [0.5, 0.6) is 0 Å². The Hall–Kier alpha value is -6.61. The third-order valence-electron chi connectivity index (χ3n) is 6.21. The van der Waals surface area contributed by atoms with Crippen LogP contribution in [0.2, 0.25) is 0 Å². The van der Waals surface area contributed by atoms with Gasteiger partial charge in [-0.05, 0) is 50.5 Å². The number of fused-ring (bicyclic) bond motifs is 2. The molecule has 0 aliphatic rings. The molecule has 0 atom stereocenters. The van der Waals surface area contributed by atoms with E-state index >= 15 is 0 Å². The summed E-state index contributed by atoms with van der Waals surface area (Å²) in [6.45, 7) is 64.0. The minimum atomic E-state index is 0. The molecule has 0 bridgehead atoms. The van der Waals surface area contributed by atoms with Gasteiger partial charge in [-0.2, -0.15) is 11.3 Å². The van der Waals surface area contributed by atoms with Gasteiger partial charge in [-0.15, -0.1) is 11.3 Å². The fourth-order valence-corrected chi connectivity index (χ4v) is 4.64. The number of aromatic nitrogens is 6. The van der Waals surface area contributed by atoms with Gasteiger partial charge < -0.3 is 4.98 Å². The largest absolute Gasteiger partial charge is 0.351 e. The first-order valence-corrected chi connectivity index (χ1v) is 34.5. The molecule has 85 heavy (non-hydrogen) atoms. The molecule has 5 heterocycles. The molecule has 8 heteroatoms. The van der Waals surface area contributed by atoms with Crippen LogP contribution in [0.25, 0.3) is 21.5 Å². The first kappa shape index (κ1) is 113. The molecule has 0 saturated heterocycles. The number of benzene rings is 5. The van der Waals surface area contributed by atoms with Crippen molar-refractivity contribution >= 4 is 44.2 Å². The van der Waals surface area contributed by atoms with Gasteiger partial charge in [0.2, 0.25) is 0 Å². The van der Waals surface area contributed by atoms with Gasteiger partial charge in [0.25, 0.3) is 0 Å². The topological polar surface area (TPSA) is 80.2 Å². The molecule has 0 aliphatic carbocycles. The highest BCUT2D eigenvalue weighted by atomic mass is 32.1. The Bertz CT molecular complexity index is 1670. The van der Waals surface area contributed by atoms with Crippen LogP contribution in [-0.4, -0.2) is 29.9 Å². The van der Waals surface area contributed by atoms with Crippen LogP contribution < -0.4 is 0 Å². The zero-order chi connectivity index (χ0) is 69.0. The van der Waals surface area contributed by atoms with Crippen LogP contribution >= 0.6 is 22.7 Å². The molecule has 0 amide bonds. The number of hydrogen-bond donors (Lipinski definition) is 1. The second-order valence-electron chi connectivity index (χ2n) is 10.0. The Morgan fingerprint density at radius 2 is 0.506 bits per heavy atom. The molecule has 0 saturated carbocycles. The van der Waals surface area contributed by atoms with Crippen molar-refractivity contribution in [2.75, 3.05) is 0 Å². The minimum Gasteiger partial charge on any atom is -0.351 e. The van der Waals surface area contributed by atoms with Gasteiger partial charge in [-0.25, -0.2) is 15.0 Å². The van der Waals surface area contributed by atoms with Crippen molar-refractivity contribution in [3.05, 3.63) is 248 Å². The number of rotatable bonds is 0. The molecule has 6 nitrogen and oxygen atoms in total. The predicted octanol–water partition coefficient (Wildman–Crippen LogP) is 28.9. The average molecular weight is 1210 g/mol. The SMILES string of the molecule is CC.CC.CC.CC.CC.CC.CC.CC.CC.CC.CC.CC.CC.CC.CC.CC.[HH].c1c[nH]cn1.c1ccc2ccccc2c1.c1ccc2ccccc2c1.c1ccccc1.c1ccncc1.c1ccsc1.c1cncnc1.c1cscn1. The minimum absolute atomic E-state index is 0. The van der Waals surface area contributed by atoms with Crippen LogP contribution in [-0.2, 0) is 0 Å². The Balaban J connectivity index is -0.0000000486. The molecule has 0 fully saturated rings. The van der Waals surface area contributed by atoms with E-state index in [1.807, 2.05) is 304 Å². The van der Waals surface area contributed by atoms with Crippen molar-refractivity contribution in [3.8, 4) is 0 Å². The standard InChI is InChI=1S/2C10H8.C6H6.C5H5N.C4H4N2.C4H4S.C3H4N2.C3H3NS.16C2H6.H2/c2*1-2-6-10-8-4-3-7-9(10)5-1;2*1-2-4-6-5-3-1;1-2-5-4-6-3-1;1-2-4-5-3-1;2*1-2-5-3-4-1;16*1-2;/h2*1-8H;1-6H;1-5H;1-4H;1-4H;1-3H,(H,4,5);1-3H;16*1-2H3;1H. The Labute approximate surface area is 541 Å². The highest BCUT2D eigenvalue weighted by molar-refractivity contribution is 7.07. The van der Waals surface area contributed by atoms with Crippen LogP contribution in [0, 0.1) is 0 Å². The highest BCUT2D eigenvalue weighted by Crippen LogP contribution is 2.12. The molecule has 1 N–H and O–H groups in total. The number of hydrogen-bond acceptors (Lipinski definition) is 7. The third kappa shape index (κ3) is 113. The van der Waals surface area contributed by atoms with Gasteiger partial charge in [0.15, 0.2) is 0 Å². The van der Waals surface area contributed by atoms with Crippen LogP contribution in [0.15, 0.2) is 248 Å². The quantitative estimate of drug-likeness (QED) is 0.164. The van der Waals surface area contributed by atoms with Crippen molar-refractivity contribution in [1.29, 1.82) is 0 Å². The second-order valence-corrected chi connectivity index (χ2v) is 11.6. The summed E-state index contributed by atoms with van der Waals surface area (Å²) in [5, 5.41) is 11.3. The Morgan fingerprint density at radius 1 is 0.235 bits per heavy atom. The van der Waals surface area contributed by atoms with Crippen LogP contribution in [0.4, 0.5) is 0 Å². The Morgan fingerprint density at radius 3 is 0.612 bits per heavy atom. The molecule has 10 aromatic rings. The molecular formula is C77H140N6S2. The number of imidazole rings is 1. The van der Waals surface area contributed by atoms with E-state index in [2.05, 4.69) is 127 Å². The van der Waals surface area contributed by atoms with Crippen molar-refractivity contribution in [1.82, 2.24) is 29.9 Å². The lowest BCUT2D eigenvalue weighted by Crippen LogP contribution is -1.67. The maximum absolute atomic E-state index is 3.78. The van der Waals surface area contributed by atoms with Gasteiger partial charge in [-0.1, -0.05) is 373 Å². The number of H-pyrrole nitrogens is 1. The first-order chi connectivity index (χ1) is 42.4. The summed E-state index contributed by atoms with van der Waals surface area (Å²) >= 11 is 3.31. The summed E-state index contributed by atoms with van der Waals surface area (Å²) in [6, 6.07) is 57.0. The summed E-state index contributed by atoms with van der Waals surface area (Å²) in [7, 11) is 0. The van der Waals surface area contributed by atoms with E-state index in [1.165, 1.54) is 27.9 Å². The average Bonchev–Trinajstić information content (AvgIpc) is 4.58. The van der Waals surface area contributed by atoms with Gasteiger partial charge in [-0.3, -0.25) is 9.97 Å². The van der Waals surface area contributed by atoms with E-state index in [0.29, 0.717) is 0 Å². The zero-order valence-corrected chi connectivity index (χ0v) is 62.9. The molecule has 0 spiro atoms. The maximum atomic E-state index is 3.78. The molecule has 5 aromatic carbocycles. The fourth-order valence-electron chi connectivity index (χ4n) is 3.83. The molecule has 0 aliphatic heterocycles. The van der Waals surface area contributed by atoms with E-state index in [1.54, 1.807) is 84.0 Å². The summed E-state index contributed by atoms with van der Waals surface area (Å²) in [6.07, 6.45) is 15.2. The normalized spacial score (nSPS) is 6.59. The van der Waals surface area contributed by atoms with Gasteiger partial charge in [0, 0.05) is 50.2 Å². The van der Waals surface area contributed by atoms with Gasteiger partial charge in [0.05, 0.1) is 11.8 Å². The molecule has 0 unspecified atom stereocenters. The van der Waals surface area contributed by atoms with E-state index in [-0.39, 0.29) is 1.43 Å². The highest BCUT2D eigenvalue weighted by Gasteiger charge is 1.86. The zero-order valence-electron chi connectivity index (χ0n) is 61.2. The molecule has 490 valence electrons. The fraction of sp³-hybridized carbons (Fsp3) is 0.416. The molecule has 0 radical (unpaired) electrons. The number of pyridine rings is 1. The first-order valence-electron chi connectivity index (χ1n) is 32.6. The smallest absolute Gasteiger partial charge is 0.115 e. The lowest BCUT2D eigenvalue weighted by atomic mass is 10.1. The van der Waals surface area contributed by atoms with Crippen molar-refractivity contribution in [2.45, 2.75) is 222 Å². The van der Waals surface area contributed by atoms with E-state index in [0.717, 1.165) is 0 Å². The number of thiophene rings is 1. The number of nitrogens with zero attached hydrogens (tertiary/aromatic N) is 5. The maximum Gasteiger partial charge on any atom is 0.115 e. The monoisotopic (exact) mass is 1210 g/mol. The molecule has 10 rings (SSSR count). The molecule has 5 aromatic heterocycles. The van der Waals surface area contributed by atoms with Crippen LogP contribution in [0.3, 0.4) is 0 Å². The summed E-state index contributed by atoms with van der Waals surface area (Å²) in [5.74, 6) is 0. The van der Waals surface area contributed by atoms with Gasteiger partial charge >= 0.3 is 0 Å². The molecular weight excluding hydrogens is 1070 g/mol. The van der Waals surface area contributed by atoms with Gasteiger partial charge in [0.1, 0.15) is 6.33 Å². The summed E-state index contributed by atoms with van der Waals surface area (Å²) in [5.41, 5.74) is 1.79.